The smallest absolute Gasteiger partial charge is 0.317 e. The van der Waals surface area contributed by atoms with Crippen LogP contribution in [0, 0.1) is 0 Å². The molecule has 1 aromatic carbocycles. The van der Waals surface area contributed by atoms with E-state index in [2.05, 4.69) is 26.7 Å². The fourth-order valence-corrected chi connectivity index (χ4v) is 4.75. The SMILES string of the molecule is O=C(NCc1ccccc1)N1CCC(n2cc(CN3CCSCC3)nn2)CC1. The minimum Gasteiger partial charge on any atom is -0.334 e. The van der Waals surface area contributed by atoms with Crippen molar-refractivity contribution in [1.82, 2.24) is 30.1 Å². The number of carbonyl (C=O) groups is 1. The van der Waals surface area contributed by atoms with Crippen molar-refractivity contribution in [3.63, 3.8) is 0 Å². The van der Waals surface area contributed by atoms with Crippen LogP contribution in [0.2, 0.25) is 0 Å². The molecule has 2 aliphatic rings. The molecule has 2 fully saturated rings. The number of thioether (sulfide) groups is 1. The van der Waals surface area contributed by atoms with Crippen LogP contribution >= 0.6 is 11.8 Å². The summed E-state index contributed by atoms with van der Waals surface area (Å²) in [6.07, 6.45) is 3.93. The van der Waals surface area contributed by atoms with Crippen LogP contribution < -0.4 is 5.32 Å². The second kappa shape index (κ2) is 9.43. The van der Waals surface area contributed by atoms with Gasteiger partial charge in [0.1, 0.15) is 0 Å². The fraction of sp³-hybridized carbons (Fsp3) is 0.550. The Hall–Kier alpha value is -2.06. The van der Waals surface area contributed by atoms with Crippen LogP contribution in [0.5, 0.6) is 0 Å². The average Bonchev–Trinajstić information content (AvgIpc) is 3.22. The minimum absolute atomic E-state index is 0.0181. The first-order valence-electron chi connectivity index (χ1n) is 10.1. The molecule has 4 rings (SSSR count). The number of rotatable bonds is 5. The molecule has 8 heteroatoms. The number of urea groups is 1. The van der Waals surface area contributed by atoms with Crippen LogP contribution in [0.1, 0.15) is 30.1 Å². The van der Waals surface area contributed by atoms with E-state index in [1.807, 2.05) is 51.7 Å². The monoisotopic (exact) mass is 400 g/mol. The fourth-order valence-electron chi connectivity index (χ4n) is 3.77. The quantitative estimate of drug-likeness (QED) is 0.835. The van der Waals surface area contributed by atoms with Crippen molar-refractivity contribution in [3.05, 3.63) is 47.8 Å². The second-order valence-corrected chi connectivity index (χ2v) is 8.67. The number of nitrogens with one attached hydrogen (secondary N) is 1. The van der Waals surface area contributed by atoms with E-state index in [0.29, 0.717) is 12.6 Å². The Labute approximate surface area is 170 Å². The van der Waals surface area contributed by atoms with Gasteiger partial charge < -0.3 is 10.2 Å². The molecule has 0 unspecified atom stereocenters. The van der Waals surface area contributed by atoms with Gasteiger partial charge in [0.15, 0.2) is 0 Å². The maximum Gasteiger partial charge on any atom is 0.317 e. The number of aromatic nitrogens is 3. The Balaban J connectivity index is 1.23. The van der Waals surface area contributed by atoms with Crippen molar-refractivity contribution in [2.24, 2.45) is 0 Å². The summed E-state index contributed by atoms with van der Waals surface area (Å²) in [5.74, 6) is 2.41. The van der Waals surface area contributed by atoms with Gasteiger partial charge in [0.25, 0.3) is 0 Å². The highest BCUT2D eigenvalue weighted by atomic mass is 32.2. The Bertz CT molecular complexity index is 753. The Morgan fingerprint density at radius 2 is 1.86 bits per heavy atom. The van der Waals surface area contributed by atoms with E-state index in [9.17, 15) is 4.79 Å². The maximum atomic E-state index is 12.4. The first-order chi connectivity index (χ1) is 13.8. The number of likely N-dealkylation sites (tertiary alicyclic amines) is 1. The standard InChI is InChI=1S/C20H28N6OS/c27-20(21-14-17-4-2-1-3-5-17)25-8-6-19(7-9-25)26-16-18(22-23-26)15-24-10-12-28-13-11-24/h1-5,16,19H,6-15H2,(H,21,27). The van der Waals surface area contributed by atoms with Crippen molar-refractivity contribution >= 4 is 17.8 Å². The summed E-state index contributed by atoms with van der Waals surface area (Å²) in [6.45, 7) is 5.23. The average molecular weight is 401 g/mol. The van der Waals surface area contributed by atoms with Gasteiger partial charge in [-0.2, -0.15) is 11.8 Å². The van der Waals surface area contributed by atoms with E-state index in [4.69, 9.17) is 0 Å². The molecule has 2 aliphatic heterocycles. The van der Waals surface area contributed by atoms with Crippen molar-refractivity contribution in [2.45, 2.75) is 32.0 Å². The summed E-state index contributed by atoms with van der Waals surface area (Å²) in [4.78, 5) is 16.8. The molecule has 0 saturated carbocycles. The lowest BCUT2D eigenvalue weighted by Gasteiger charge is -2.31. The zero-order valence-corrected chi connectivity index (χ0v) is 17.0. The number of benzene rings is 1. The van der Waals surface area contributed by atoms with Crippen molar-refractivity contribution in [1.29, 1.82) is 0 Å². The van der Waals surface area contributed by atoms with Gasteiger partial charge >= 0.3 is 6.03 Å². The summed E-state index contributed by atoms with van der Waals surface area (Å²) in [6, 6.07) is 10.4. The molecule has 1 N–H and O–H groups in total. The highest BCUT2D eigenvalue weighted by molar-refractivity contribution is 7.99. The normalized spacial score (nSPS) is 18.9. The molecule has 2 amide bonds. The summed E-state index contributed by atoms with van der Waals surface area (Å²) >= 11 is 2.02. The van der Waals surface area contributed by atoms with E-state index in [0.717, 1.165) is 56.8 Å². The molecule has 2 aromatic rings. The van der Waals surface area contributed by atoms with Gasteiger partial charge in [-0.25, -0.2) is 9.48 Å². The van der Waals surface area contributed by atoms with Crippen LogP contribution in [0.3, 0.4) is 0 Å². The molecule has 28 heavy (non-hydrogen) atoms. The van der Waals surface area contributed by atoms with Crippen molar-refractivity contribution < 1.29 is 4.79 Å². The zero-order valence-electron chi connectivity index (χ0n) is 16.2. The predicted octanol–water partition coefficient (Wildman–Crippen LogP) is 2.37. The molecule has 1 aromatic heterocycles. The van der Waals surface area contributed by atoms with E-state index < -0.39 is 0 Å². The number of nitrogens with zero attached hydrogens (tertiary/aromatic N) is 5. The van der Waals surface area contributed by atoms with Crippen LogP contribution in [0.25, 0.3) is 0 Å². The molecule has 150 valence electrons. The molecule has 2 saturated heterocycles. The lowest BCUT2D eigenvalue weighted by molar-refractivity contribution is 0.167. The molecule has 0 radical (unpaired) electrons. The van der Waals surface area contributed by atoms with Crippen LogP contribution in [-0.2, 0) is 13.1 Å². The molecule has 0 bridgehead atoms. The summed E-state index contributed by atoms with van der Waals surface area (Å²) < 4.78 is 2.01. The van der Waals surface area contributed by atoms with Gasteiger partial charge in [0.2, 0.25) is 0 Å². The Morgan fingerprint density at radius 1 is 1.11 bits per heavy atom. The number of carbonyl (C=O) groups excluding carboxylic acids is 1. The third kappa shape index (κ3) is 5.05. The number of amides is 2. The third-order valence-corrected chi connectivity index (χ3v) is 6.40. The van der Waals surface area contributed by atoms with Gasteiger partial charge in [-0.3, -0.25) is 4.90 Å². The number of hydrogen-bond acceptors (Lipinski definition) is 5. The molecule has 0 atom stereocenters. The lowest BCUT2D eigenvalue weighted by atomic mass is 10.1. The van der Waals surface area contributed by atoms with E-state index in [1.54, 1.807) is 0 Å². The first kappa shape index (κ1) is 19.3. The maximum absolute atomic E-state index is 12.4. The lowest BCUT2D eigenvalue weighted by Crippen LogP contribution is -2.44. The van der Waals surface area contributed by atoms with E-state index >= 15 is 0 Å². The van der Waals surface area contributed by atoms with Gasteiger partial charge in [0, 0.05) is 50.8 Å². The van der Waals surface area contributed by atoms with Crippen LogP contribution in [0.15, 0.2) is 36.5 Å². The molecule has 3 heterocycles. The highest BCUT2D eigenvalue weighted by Crippen LogP contribution is 2.22. The second-order valence-electron chi connectivity index (χ2n) is 7.44. The topological polar surface area (TPSA) is 66.3 Å². The van der Waals surface area contributed by atoms with Gasteiger partial charge in [-0.1, -0.05) is 35.5 Å². The van der Waals surface area contributed by atoms with Crippen LogP contribution in [-0.4, -0.2) is 68.5 Å². The molecular weight excluding hydrogens is 372 g/mol. The number of hydrogen-bond donors (Lipinski definition) is 1. The van der Waals surface area contributed by atoms with Gasteiger partial charge in [-0.15, -0.1) is 5.10 Å². The van der Waals surface area contributed by atoms with Gasteiger partial charge in [0.05, 0.1) is 17.9 Å². The summed E-state index contributed by atoms with van der Waals surface area (Å²) in [7, 11) is 0. The largest absolute Gasteiger partial charge is 0.334 e. The highest BCUT2D eigenvalue weighted by Gasteiger charge is 2.25. The summed E-state index contributed by atoms with van der Waals surface area (Å²) in [5, 5.41) is 11.8. The molecule has 7 nitrogen and oxygen atoms in total. The van der Waals surface area contributed by atoms with Crippen LogP contribution in [0.4, 0.5) is 4.79 Å². The molecule has 0 aliphatic carbocycles. The predicted molar refractivity (Wildman–Crippen MR) is 111 cm³/mol. The minimum atomic E-state index is 0.0181. The van der Waals surface area contributed by atoms with E-state index in [-0.39, 0.29) is 6.03 Å². The molecule has 0 spiro atoms. The number of piperidine rings is 1. The third-order valence-electron chi connectivity index (χ3n) is 5.46. The van der Waals surface area contributed by atoms with Crippen molar-refractivity contribution in [2.75, 3.05) is 37.7 Å². The Morgan fingerprint density at radius 3 is 2.61 bits per heavy atom. The zero-order chi connectivity index (χ0) is 19.2. The van der Waals surface area contributed by atoms with Crippen molar-refractivity contribution in [3.8, 4) is 0 Å². The molecular formula is C20H28N6OS. The summed E-state index contributed by atoms with van der Waals surface area (Å²) in [5.41, 5.74) is 2.17. The Kier molecular flexibility index (Phi) is 6.49. The van der Waals surface area contributed by atoms with Gasteiger partial charge in [-0.05, 0) is 18.4 Å². The van der Waals surface area contributed by atoms with E-state index in [1.165, 1.54) is 11.5 Å². The first-order valence-corrected chi connectivity index (χ1v) is 11.2.